The highest BCUT2D eigenvalue weighted by Crippen LogP contribution is 2.20. The van der Waals surface area contributed by atoms with Gasteiger partial charge < -0.3 is 5.11 Å². The first-order valence-corrected chi connectivity index (χ1v) is 6.33. The molecule has 2 unspecified atom stereocenters. The first-order chi connectivity index (χ1) is 7.01. The van der Waals surface area contributed by atoms with Crippen molar-refractivity contribution in [3.05, 3.63) is 11.6 Å². The number of hydrogen-bond donors (Lipinski definition) is 1. The summed E-state index contributed by atoms with van der Waals surface area (Å²) in [7, 11) is 0. The van der Waals surface area contributed by atoms with Gasteiger partial charge in [0.1, 0.15) is 0 Å². The highest BCUT2D eigenvalue weighted by Gasteiger charge is 2.11. The molecule has 0 aromatic carbocycles. The molecule has 0 aliphatic heterocycles. The van der Waals surface area contributed by atoms with Crippen LogP contribution in [0.1, 0.15) is 60.3 Å². The first-order valence-electron chi connectivity index (χ1n) is 6.33. The minimum Gasteiger partial charge on any atom is -0.393 e. The molecular formula is C14H28O. The van der Waals surface area contributed by atoms with Gasteiger partial charge in [0.15, 0.2) is 0 Å². The lowest BCUT2D eigenvalue weighted by Gasteiger charge is -2.18. The van der Waals surface area contributed by atoms with Crippen LogP contribution in [-0.4, -0.2) is 11.2 Å². The van der Waals surface area contributed by atoms with Gasteiger partial charge in [0.2, 0.25) is 0 Å². The molecule has 0 spiro atoms. The zero-order valence-corrected chi connectivity index (χ0v) is 11.1. The van der Waals surface area contributed by atoms with Crippen LogP contribution >= 0.6 is 0 Å². The zero-order valence-electron chi connectivity index (χ0n) is 11.1. The lowest BCUT2D eigenvalue weighted by molar-refractivity contribution is 0.109. The molecule has 2 atom stereocenters. The number of hydrogen-bond acceptors (Lipinski definition) is 1. The second kappa shape index (κ2) is 7.92. The summed E-state index contributed by atoms with van der Waals surface area (Å²) in [6.07, 6.45) is 6.54. The maximum absolute atomic E-state index is 9.71. The van der Waals surface area contributed by atoms with Gasteiger partial charge in [0.25, 0.3) is 0 Å². The lowest BCUT2D eigenvalue weighted by Crippen LogP contribution is -2.15. The lowest BCUT2D eigenvalue weighted by atomic mass is 9.92. The van der Waals surface area contributed by atoms with Crippen LogP contribution in [0.25, 0.3) is 0 Å². The summed E-state index contributed by atoms with van der Waals surface area (Å²) in [6.45, 7) is 10.8. The third kappa shape index (κ3) is 6.72. The van der Waals surface area contributed by atoms with Crippen LogP contribution < -0.4 is 0 Å². The molecule has 0 aromatic heterocycles. The van der Waals surface area contributed by atoms with Crippen molar-refractivity contribution in [3.8, 4) is 0 Å². The summed E-state index contributed by atoms with van der Waals surface area (Å²) in [6, 6.07) is 0. The minimum atomic E-state index is -0.122. The molecule has 0 rings (SSSR count). The average Bonchev–Trinajstić information content (AvgIpc) is 2.22. The molecule has 0 aliphatic carbocycles. The Hall–Kier alpha value is -0.300. The van der Waals surface area contributed by atoms with E-state index < -0.39 is 0 Å². The normalized spacial score (nSPS) is 16.9. The minimum absolute atomic E-state index is 0.122. The molecule has 0 bridgehead atoms. The van der Waals surface area contributed by atoms with Gasteiger partial charge >= 0.3 is 0 Å². The second-order valence-electron chi connectivity index (χ2n) is 5.00. The van der Waals surface area contributed by atoms with E-state index in [9.17, 15) is 5.11 Å². The molecule has 0 fully saturated rings. The molecule has 0 amide bonds. The Kier molecular flexibility index (Phi) is 7.76. The molecular weight excluding hydrogens is 184 g/mol. The van der Waals surface area contributed by atoms with Crippen LogP contribution in [0.4, 0.5) is 0 Å². The number of aliphatic hydroxyl groups excluding tert-OH is 1. The molecule has 1 heteroatoms. The Bertz CT molecular complexity index is 182. The summed E-state index contributed by atoms with van der Waals surface area (Å²) in [5, 5.41) is 9.71. The van der Waals surface area contributed by atoms with E-state index in [0.717, 1.165) is 19.3 Å². The van der Waals surface area contributed by atoms with Crippen LogP contribution in [0, 0.1) is 11.8 Å². The highest BCUT2D eigenvalue weighted by atomic mass is 16.3. The van der Waals surface area contributed by atoms with Gasteiger partial charge in [0, 0.05) is 0 Å². The maximum atomic E-state index is 9.71. The van der Waals surface area contributed by atoms with Gasteiger partial charge in [-0.2, -0.15) is 0 Å². The van der Waals surface area contributed by atoms with Crippen LogP contribution in [-0.2, 0) is 0 Å². The van der Waals surface area contributed by atoms with Crippen molar-refractivity contribution in [2.45, 2.75) is 66.4 Å². The fraction of sp³-hybridized carbons (Fsp3) is 0.857. The first kappa shape index (κ1) is 14.7. The average molecular weight is 212 g/mol. The highest BCUT2D eigenvalue weighted by molar-refractivity contribution is 4.99. The quantitative estimate of drug-likeness (QED) is 0.628. The molecule has 0 heterocycles. The zero-order chi connectivity index (χ0) is 11.8. The summed E-state index contributed by atoms with van der Waals surface area (Å²) >= 11 is 0. The molecule has 0 saturated heterocycles. The van der Waals surface area contributed by atoms with E-state index in [-0.39, 0.29) is 6.10 Å². The molecule has 15 heavy (non-hydrogen) atoms. The molecule has 0 aliphatic rings. The maximum Gasteiger partial charge on any atom is 0.0563 e. The molecule has 0 saturated carbocycles. The predicted octanol–water partition coefficient (Wildman–Crippen LogP) is 4.17. The summed E-state index contributed by atoms with van der Waals surface area (Å²) in [4.78, 5) is 0. The monoisotopic (exact) mass is 212 g/mol. The third-order valence-electron chi connectivity index (χ3n) is 3.20. The Labute approximate surface area is 95.6 Å². The predicted molar refractivity (Wildman–Crippen MR) is 67.9 cm³/mol. The van der Waals surface area contributed by atoms with E-state index in [1.165, 1.54) is 6.42 Å². The van der Waals surface area contributed by atoms with Crippen molar-refractivity contribution in [2.75, 3.05) is 0 Å². The van der Waals surface area contributed by atoms with Gasteiger partial charge in [0.05, 0.1) is 6.10 Å². The molecule has 1 nitrogen and oxygen atoms in total. The molecule has 90 valence electrons. The Morgan fingerprint density at radius 1 is 1.20 bits per heavy atom. The van der Waals surface area contributed by atoms with Crippen molar-refractivity contribution in [1.82, 2.24) is 0 Å². The van der Waals surface area contributed by atoms with E-state index in [0.29, 0.717) is 11.8 Å². The van der Waals surface area contributed by atoms with Crippen LogP contribution in [0.15, 0.2) is 11.6 Å². The van der Waals surface area contributed by atoms with Crippen molar-refractivity contribution < 1.29 is 5.11 Å². The SMILES string of the molecule is C/C=C(\CC)CC(C)CCC(O)C(C)C. The van der Waals surface area contributed by atoms with Crippen LogP contribution in [0.2, 0.25) is 0 Å². The van der Waals surface area contributed by atoms with Gasteiger partial charge in [-0.15, -0.1) is 0 Å². The second-order valence-corrected chi connectivity index (χ2v) is 5.00. The number of allylic oxidation sites excluding steroid dienone is 2. The Balaban J connectivity index is 3.79. The smallest absolute Gasteiger partial charge is 0.0563 e. The molecule has 0 aromatic rings. The number of rotatable bonds is 7. The van der Waals surface area contributed by atoms with Crippen molar-refractivity contribution in [1.29, 1.82) is 0 Å². The van der Waals surface area contributed by atoms with Crippen molar-refractivity contribution >= 4 is 0 Å². The fourth-order valence-electron chi connectivity index (χ4n) is 1.80. The Morgan fingerprint density at radius 2 is 1.80 bits per heavy atom. The van der Waals surface area contributed by atoms with Gasteiger partial charge in [-0.3, -0.25) is 0 Å². The van der Waals surface area contributed by atoms with E-state index in [2.05, 4.69) is 40.7 Å². The van der Waals surface area contributed by atoms with E-state index in [4.69, 9.17) is 0 Å². The summed E-state index contributed by atoms with van der Waals surface area (Å²) in [5.41, 5.74) is 1.54. The van der Waals surface area contributed by atoms with Crippen molar-refractivity contribution in [3.63, 3.8) is 0 Å². The standard InChI is InChI=1S/C14H28O/c1-6-13(7-2)10-12(5)8-9-14(15)11(3)4/h6,11-12,14-15H,7-10H2,1-5H3/b13-6+. The van der Waals surface area contributed by atoms with Crippen LogP contribution in [0.3, 0.4) is 0 Å². The van der Waals surface area contributed by atoms with E-state index in [1.807, 2.05) is 0 Å². The van der Waals surface area contributed by atoms with E-state index in [1.54, 1.807) is 5.57 Å². The largest absolute Gasteiger partial charge is 0.393 e. The van der Waals surface area contributed by atoms with Gasteiger partial charge in [-0.25, -0.2) is 0 Å². The topological polar surface area (TPSA) is 20.2 Å². The number of aliphatic hydroxyl groups is 1. The fourth-order valence-corrected chi connectivity index (χ4v) is 1.80. The summed E-state index contributed by atoms with van der Waals surface area (Å²) in [5.74, 6) is 1.09. The van der Waals surface area contributed by atoms with Gasteiger partial charge in [-0.05, 0) is 44.4 Å². The van der Waals surface area contributed by atoms with Gasteiger partial charge in [-0.1, -0.05) is 39.3 Å². The third-order valence-corrected chi connectivity index (χ3v) is 3.20. The summed E-state index contributed by atoms with van der Waals surface area (Å²) < 4.78 is 0. The molecule has 0 radical (unpaired) electrons. The molecule has 1 N–H and O–H groups in total. The Morgan fingerprint density at radius 3 is 2.20 bits per heavy atom. The van der Waals surface area contributed by atoms with E-state index >= 15 is 0 Å². The van der Waals surface area contributed by atoms with Crippen LogP contribution in [0.5, 0.6) is 0 Å². The van der Waals surface area contributed by atoms with Crippen molar-refractivity contribution in [2.24, 2.45) is 11.8 Å².